The van der Waals surface area contributed by atoms with Crippen molar-refractivity contribution in [2.24, 2.45) is 0 Å². The van der Waals surface area contributed by atoms with Crippen molar-refractivity contribution >= 4 is 0 Å². The summed E-state index contributed by atoms with van der Waals surface area (Å²) in [5, 5.41) is 0. The molecule has 1 aliphatic heterocycles. The lowest BCUT2D eigenvalue weighted by molar-refractivity contribution is 0.522. The number of fused-ring (bicyclic) bond motifs is 1. The van der Waals surface area contributed by atoms with E-state index in [4.69, 9.17) is 0 Å². The lowest BCUT2D eigenvalue weighted by Crippen LogP contribution is -2.08. The van der Waals surface area contributed by atoms with Crippen LogP contribution in [-0.2, 0) is 13.0 Å². The minimum atomic E-state index is -0.201. The molecule has 0 aliphatic carbocycles. The van der Waals surface area contributed by atoms with Gasteiger partial charge in [-0.05, 0) is 37.1 Å². The van der Waals surface area contributed by atoms with Gasteiger partial charge < -0.3 is 4.57 Å². The molecule has 2 aromatic rings. The molecular weight excluding hydrogens is 203 g/mol. The summed E-state index contributed by atoms with van der Waals surface area (Å²) >= 11 is 0. The van der Waals surface area contributed by atoms with Crippen LogP contribution in [0, 0.1) is 5.82 Å². The first kappa shape index (κ1) is 9.58. The van der Waals surface area contributed by atoms with E-state index < -0.39 is 0 Å². The maximum Gasteiger partial charge on any atom is 0.123 e. The van der Waals surface area contributed by atoms with Gasteiger partial charge in [-0.25, -0.2) is 9.37 Å². The zero-order chi connectivity index (χ0) is 11.0. The third-order valence-corrected chi connectivity index (χ3v) is 3.05. The standard InChI is InChI=1S/C13H13FN2/c14-11-6-4-10(5-7-11)12-9-16-8-2-1-3-13(16)15-12/h4-7,9H,1-3,8H2. The summed E-state index contributed by atoms with van der Waals surface area (Å²) < 4.78 is 15.0. The molecule has 0 saturated heterocycles. The molecule has 0 radical (unpaired) electrons. The number of hydrogen-bond acceptors (Lipinski definition) is 1. The number of rotatable bonds is 1. The highest BCUT2D eigenvalue weighted by Crippen LogP contribution is 2.22. The molecule has 0 unspecified atom stereocenters. The highest BCUT2D eigenvalue weighted by atomic mass is 19.1. The summed E-state index contributed by atoms with van der Waals surface area (Å²) in [5.41, 5.74) is 1.94. The number of aromatic nitrogens is 2. The van der Waals surface area contributed by atoms with E-state index in [1.165, 1.54) is 25.0 Å². The SMILES string of the molecule is Fc1ccc(-c2cn3c(n2)CCCC3)cc1. The summed E-state index contributed by atoms with van der Waals surface area (Å²) in [6, 6.07) is 6.52. The molecule has 0 atom stereocenters. The molecular formula is C13H13FN2. The fourth-order valence-corrected chi connectivity index (χ4v) is 2.17. The number of halogens is 1. The van der Waals surface area contributed by atoms with Crippen molar-refractivity contribution in [3.8, 4) is 11.3 Å². The number of aryl methyl sites for hydroxylation is 2. The van der Waals surface area contributed by atoms with E-state index in [1.807, 2.05) is 0 Å². The third-order valence-electron chi connectivity index (χ3n) is 3.05. The summed E-state index contributed by atoms with van der Waals surface area (Å²) in [7, 11) is 0. The van der Waals surface area contributed by atoms with Crippen molar-refractivity contribution in [3.05, 3.63) is 42.1 Å². The Morgan fingerprint density at radius 1 is 1.12 bits per heavy atom. The predicted octanol–water partition coefficient (Wildman–Crippen LogP) is 3.03. The molecule has 0 saturated carbocycles. The predicted molar refractivity (Wildman–Crippen MR) is 60.6 cm³/mol. The summed E-state index contributed by atoms with van der Waals surface area (Å²) in [4.78, 5) is 4.59. The van der Waals surface area contributed by atoms with Gasteiger partial charge in [0.15, 0.2) is 0 Å². The van der Waals surface area contributed by atoms with Crippen LogP contribution in [0.15, 0.2) is 30.5 Å². The second kappa shape index (κ2) is 3.74. The zero-order valence-corrected chi connectivity index (χ0v) is 8.99. The number of hydrogen-bond donors (Lipinski definition) is 0. The Bertz CT molecular complexity index is 476. The highest BCUT2D eigenvalue weighted by Gasteiger charge is 2.12. The molecule has 0 amide bonds. The topological polar surface area (TPSA) is 17.8 Å². The summed E-state index contributed by atoms with van der Waals surface area (Å²) in [6.45, 7) is 1.06. The Morgan fingerprint density at radius 2 is 1.94 bits per heavy atom. The fraction of sp³-hybridized carbons (Fsp3) is 0.308. The van der Waals surface area contributed by atoms with Gasteiger partial charge in [0.05, 0.1) is 5.69 Å². The lowest BCUT2D eigenvalue weighted by Gasteiger charge is -2.11. The van der Waals surface area contributed by atoms with Crippen LogP contribution in [0.4, 0.5) is 4.39 Å². The van der Waals surface area contributed by atoms with E-state index in [9.17, 15) is 4.39 Å². The molecule has 16 heavy (non-hydrogen) atoms. The quantitative estimate of drug-likeness (QED) is 0.716. The van der Waals surface area contributed by atoms with E-state index in [0.29, 0.717) is 0 Å². The van der Waals surface area contributed by atoms with Gasteiger partial charge in [0.1, 0.15) is 11.6 Å². The Labute approximate surface area is 93.7 Å². The average Bonchev–Trinajstić information content (AvgIpc) is 2.73. The van der Waals surface area contributed by atoms with Crippen LogP contribution in [0.3, 0.4) is 0 Å². The number of imidazole rings is 1. The van der Waals surface area contributed by atoms with E-state index >= 15 is 0 Å². The molecule has 2 nitrogen and oxygen atoms in total. The summed E-state index contributed by atoms with van der Waals surface area (Å²) in [5.74, 6) is 0.957. The van der Waals surface area contributed by atoms with Crippen molar-refractivity contribution < 1.29 is 4.39 Å². The molecule has 0 bridgehead atoms. The van der Waals surface area contributed by atoms with Crippen LogP contribution in [0.2, 0.25) is 0 Å². The first-order valence-electron chi connectivity index (χ1n) is 5.65. The maximum atomic E-state index is 12.8. The molecule has 2 heterocycles. The van der Waals surface area contributed by atoms with E-state index in [2.05, 4.69) is 15.7 Å². The second-order valence-corrected chi connectivity index (χ2v) is 4.20. The third kappa shape index (κ3) is 1.62. The van der Waals surface area contributed by atoms with Crippen molar-refractivity contribution in [1.82, 2.24) is 9.55 Å². The van der Waals surface area contributed by atoms with Crippen LogP contribution >= 0.6 is 0 Å². The molecule has 1 aromatic heterocycles. The number of benzene rings is 1. The van der Waals surface area contributed by atoms with E-state index in [1.54, 1.807) is 12.1 Å². The minimum Gasteiger partial charge on any atom is -0.334 e. The molecule has 1 aromatic carbocycles. The fourth-order valence-electron chi connectivity index (χ4n) is 2.17. The monoisotopic (exact) mass is 216 g/mol. The van der Waals surface area contributed by atoms with Gasteiger partial charge in [0.25, 0.3) is 0 Å². The van der Waals surface area contributed by atoms with Gasteiger partial charge in [-0.15, -0.1) is 0 Å². The molecule has 82 valence electrons. The van der Waals surface area contributed by atoms with Crippen molar-refractivity contribution in [3.63, 3.8) is 0 Å². The summed E-state index contributed by atoms with van der Waals surface area (Å²) in [6.07, 6.45) is 5.58. The second-order valence-electron chi connectivity index (χ2n) is 4.20. The molecule has 0 spiro atoms. The van der Waals surface area contributed by atoms with Crippen molar-refractivity contribution in [1.29, 1.82) is 0 Å². The Morgan fingerprint density at radius 3 is 2.69 bits per heavy atom. The van der Waals surface area contributed by atoms with E-state index in [0.717, 1.165) is 30.0 Å². The van der Waals surface area contributed by atoms with Crippen molar-refractivity contribution in [2.45, 2.75) is 25.8 Å². The highest BCUT2D eigenvalue weighted by molar-refractivity contribution is 5.58. The number of nitrogens with zero attached hydrogens (tertiary/aromatic N) is 2. The van der Waals surface area contributed by atoms with E-state index in [-0.39, 0.29) is 5.82 Å². The molecule has 0 fully saturated rings. The van der Waals surface area contributed by atoms with Gasteiger partial charge in [-0.1, -0.05) is 0 Å². The lowest BCUT2D eigenvalue weighted by atomic mass is 10.2. The van der Waals surface area contributed by atoms with Crippen molar-refractivity contribution in [2.75, 3.05) is 0 Å². The van der Waals surface area contributed by atoms with Gasteiger partial charge in [0, 0.05) is 24.7 Å². The van der Waals surface area contributed by atoms with Crippen LogP contribution in [0.1, 0.15) is 18.7 Å². The van der Waals surface area contributed by atoms with Gasteiger partial charge >= 0.3 is 0 Å². The average molecular weight is 216 g/mol. The van der Waals surface area contributed by atoms with Gasteiger partial charge in [-0.2, -0.15) is 0 Å². The Hall–Kier alpha value is -1.64. The molecule has 1 aliphatic rings. The Balaban J connectivity index is 2.00. The smallest absolute Gasteiger partial charge is 0.123 e. The van der Waals surface area contributed by atoms with Gasteiger partial charge in [-0.3, -0.25) is 0 Å². The largest absolute Gasteiger partial charge is 0.334 e. The molecule has 3 rings (SSSR count). The Kier molecular flexibility index (Phi) is 2.24. The van der Waals surface area contributed by atoms with Crippen LogP contribution in [0.5, 0.6) is 0 Å². The van der Waals surface area contributed by atoms with Crippen LogP contribution in [0.25, 0.3) is 11.3 Å². The maximum absolute atomic E-state index is 12.8. The van der Waals surface area contributed by atoms with Gasteiger partial charge in [0.2, 0.25) is 0 Å². The minimum absolute atomic E-state index is 0.201. The van der Waals surface area contributed by atoms with Crippen LogP contribution in [-0.4, -0.2) is 9.55 Å². The normalized spacial score (nSPS) is 14.8. The molecule has 3 heteroatoms. The molecule has 0 N–H and O–H groups in total. The zero-order valence-electron chi connectivity index (χ0n) is 8.99. The first-order valence-corrected chi connectivity index (χ1v) is 5.65. The van der Waals surface area contributed by atoms with Crippen LogP contribution < -0.4 is 0 Å². The first-order chi connectivity index (χ1) is 7.83.